The van der Waals surface area contributed by atoms with Gasteiger partial charge in [-0.3, -0.25) is 0 Å². The van der Waals surface area contributed by atoms with Crippen LogP contribution in [0.2, 0.25) is 0 Å². The van der Waals surface area contributed by atoms with Gasteiger partial charge in [0.05, 0.1) is 22.4 Å². The van der Waals surface area contributed by atoms with Gasteiger partial charge in [0.25, 0.3) is 0 Å². The minimum atomic E-state index is -3.56. The maximum atomic E-state index is 12.2. The zero-order valence-corrected chi connectivity index (χ0v) is 11.6. The Morgan fingerprint density at radius 2 is 1.78 bits per heavy atom. The molecule has 104 valence electrons. The fourth-order valence-corrected chi connectivity index (χ4v) is 7.48. The van der Waals surface area contributed by atoms with E-state index in [0.717, 1.165) is 12.8 Å². The summed E-state index contributed by atoms with van der Waals surface area (Å²) in [5, 5.41) is 9.29. The lowest BCUT2D eigenvalue weighted by Gasteiger charge is -2.46. The van der Waals surface area contributed by atoms with E-state index in [0.29, 0.717) is 0 Å². The highest BCUT2D eigenvalue weighted by atomic mass is 32.2. The first kappa shape index (κ1) is 12.8. The predicted octanol–water partition coefficient (Wildman–Crippen LogP) is -1.04. The Kier molecular flexibility index (Phi) is 2.62. The molecule has 1 atom stereocenters. The van der Waals surface area contributed by atoms with Crippen LogP contribution in [0.4, 0.5) is 0 Å². The molecule has 3 rings (SSSR count). The zero-order valence-electron chi connectivity index (χ0n) is 9.95. The van der Waals surface area contributed by atoms with Crippen LogP contribution in [0.15, 0.2) is 0 Å². The molecule has 18 heavy (non-hydrogen) atoms. The average Bonchev–Trinajstić information content (AvgIpc) is 2.98. The molecule has 0 aromatic heterocycles. The number of rotatable bonds is 3. The molecule has 0 radical (unpaired) electrons. The van der Waals surface area contributed by atoms with Crippen LogP contribution in [-0.2, 0) is 19.9 Å². The maximum Gasteiger partial charge on any atom is 0.218 e. The normalized spacial score (nSPS) is 35.3. The van der Waals surface area contributed by atoms with Gasteiger partial charge in [-0.05, 0) is 25.2 Å². The third-order valence-corrected chi connectivity index (χ3v) is 8.41. The van der Waals surface area contributed by atoms with Gasteiger partial charge in [0.2, 0.25) is 10.0 Å². The summed E-state index contributed by atoms with van der Waals surface area (Å²) in [6, 6.07) is 0. The van der Waals surface area contributed by atoms with Crippen molar-refractivity contribution in [3.8, 4) is 0 Å². The van der Waals surface area contributed by atoms with Crippen molar-refractivity contribution in [2.45, 2.75) is 30.1 Å². The summed E-state index contributed by atoms with van der Waals surface area (Å²) in [5.74, 6) is -0.0815. The molecule has 3 aliphatic rings. The van der Waals surface area contributed by atoms with Gasteiger partial charge in [0.15, 0.2) is 9.84 Å². The van der Waals surface area contributed by atoms with E-state index in [9.17, 15) is 21.9 Å². The fourth-order valence-electron chi connectivity index (χ4n) is 2.83. The van der Waals surface area contributed by atoms with Gasteiger partial charge in [-0.1, -0.05) is 0 Å². The lowest BCUT2D eigenvalue weighted by molar-refractivity contribution is -0.0767. The molecule has 2 aliphatic heterocycles. The quantitative estimate of drug-likeness (QED) is 0.718. The van der Waals surface area contributed by atoms with E-state index in [-0.39, 0.29) is 36.9 Å². The first-order chi connectivity index (χ1) is 8.23. The number of hydrogen-bond donors (Lipinski definition) is 1. The Morgan fingerprint density at radius 3 is 2.22 bits per heavy atom. The Bertz CT molecular complexity index is 557. The van der Waals surface area contributed by atoms with Gasteiger partial charge in [0.1, 0.15) is 0 Å². The molecule has 6 nitrogen and oxygen atoms in total. The van der Waals surface area contributed by atoms with Crippen LogP contribution in [0.1, 0.15) is 19.3 Å². The second-order valence-corrected chi connectivity index (χ2v) is 10.2. The predicted molar refractivity (Wildman–Crippen MR) is 65.2 cm³/mol. The minimum Gasteiger partial charge on any atom is -0.387 e. The first-order valence-electron chi connectivity index (χ1n) is 6.15. The van der Waals surface area contributed by atoms with Crippen LogP contribution >= 0.6 is 0 Å². The highest BCUT2D eigenvalue weighted by molar-refractivity contribution is 7.95. The largest absolute Gasteiger partial charge is 0.387 e. The third-order valence-electron chi connectivity index (χ3n) is 4.21. The van der Waals surface area contributed by atoms with E-state index >= 15 is 0 Å². The van der Waals surface area contributed by atoms with Crippen molar-refractivity contribution in [2.75, 3.05) is 24.6 Å². The molecule has 0 spiro atoms. The molecule has 0 aromatic rings. The van der Waals surface area contributed by atoms with Crippen molar-refractivity contribution in [3.05, 3.63) is 0 Å². The molecule has 3 fully saturated rings. The summed E-state index contributed by atoms with van der Waals surface area (Å²) in [6.07, 6.45) is 2.10. The van der Waals surface area contributed by atoms with E-state index in [1.807, 2.05) is 0 Å². The molecule has 0 bridgehead atoms. The van der Waals surface area contributed by atoms with Crippen molar-refractivity contribution in [2.24, 2.45) is 5.92 Å². The number of aliphatic hydroxyl groups is 1. The van der Waals surface area contributed by atoms with Crippen molar-refractivity contribution in [1.82, 2.24) is 4.31 Å². The van der Waals surface area contributed by atoms with Gasteiger partial charge in [-0.15, -0.1) is 0 Å². The van der Waals surface area contributed by atoms with Crippen LogP contribution < -0.4 is 0 Å². The van der Waals surface area contributed by atoms with Gasteiger partial charge >= 0.3 is 0 Å². The van der Waals surface area contributed by atoms with Gasteiger partial charge in [-0.2, -0.15) is 4.31 Å². The van der Waals surface area contributed by atoms with E-state index < -0.39 is 30.7 Å². The number of nitrogens with zero attached hydrogens (tertiary/aromatic N) is 1. The van der Waals surface area contributed by atoms with Gasteiger partial charge in [-0.25, -0.2) is 16.8 Å². The summed E-state index contributed by atoms with van der Waals surface area (Å²) in [5.41, 5.74) is -0.857. The number of sulfonamides is 1. The van der Waals surface area contributed by atoms with Gasteiger partial charge in [0, 0.05) is 13.1 Å². The second-order valence-electron chi connectivity index (χ2n) is 5.72. The first-order valence-corrected chi connectivity index (χ1v) is 9.47. The van der Waals surface area contributed by atoms with Crippen LogP contribution in [0.5, 0.6) is 0 Å². The van der Waals surface area contributed by atoms with Crippen LogP contribution in [0.25, 0.3) is 0 Å². The third kappa shape index (κ3) is 1.99. The highest BCUT2D eigenvalue weighted by Gasteiger charge is 2.56. The topological polar surface area (TPSA) is 91.8 Å². The molecule has 0 aromatic carbocycles. The van der Waals surface area contributed by atoms with Crippen molar-refractivity contribution in [1.29, 1.82) is 0 Å². The maximum absolute atomic E-state index is 12.2. The van der Waals surface area contributed by atoms with E-state index in [1.54, 1.807) is 0 Å². The van der Waals surface area contributed by atoms with Gasteiger partial charge < -0.3 is 5.11 Å². The molecular weight excluding hydrogens is 278 g/mol. The molecule has 1 N–H and O–H groups in total. The standard InChI is InChI=1S/C10H17NO5S2/c12-10(8-1-2-8)6-11(7-10)18(15,16)9-3-4-17(13,14)5-9/h8-9,12H,1-7H2. The van der Waals surface area contributed by atoms with E-state index in [4.69, 9.17) is 0 Å². The summed E-state index contributed by atoms with van der Waals surface area (Å²) >= 11 is 0. The molecule has 2 heterocycles. The molecule has 1 unspecified atom stereocenters. The number of β-amino-alcohol motifs (C(OH)–C–C–N with tert-alkyl or cyclic N) is 1. The van der Waals surface area contributed by atoms with Crippen molar-refractivity contribution >= 4 is 19.9 Å². The van der Waals surface area contributed by atoms with Crippen LogP contribution in [0.3, 0.4) is 0 Å². The Balaban J connectivity index is 1.70. The minimum absolute atomic E-state index is 0.0440. The van der Waals surface area contributed by atoms with Crippen molar-refractivity contribution < 1.29 is 21.9 Å². The molecule has 8 heteroatoms. The summed E-state index contributed by atoms with van der Waals surface area (Å²) in [6.45, 7) is 0.271. The molecular formula is C10H17NO5S2. The van der Waals surface area contributed by atoms with Crippen LogP contribution in [0, 0.1) is 5.92 Å². The highest BCUT2D eigenvalue weighted by Crippen LogP contribution is 2.45. The summed E-state index contributed by atoms with van der Waals surface area (Å²) in [7, 11) is -6.75. The summed E-state index contributed by atoms with van der Waals surface area (Å²) < 4.78 is 48.3. The average molecular weight is 295 g/mol. The smallest absolute Gasteiger partial charge is 0.218 e. The summed E-state index contributed by atoms with van der Waals surface area (Å²) in [4.78, 5) is 0. The number of sulfone groups is 1. The number of hydrogen-bond acceptors (Lipinski definition) is 5. The molecule has 2 saturated heterocycles. The zero-order chi connectivity index (χ0) is 13.2. The molecule has 0 amide bonds. The molecule has 1 saturated carbocycles. The Labute approximate surface area is 107 Å². The van der Waals surface area contributed by atoms with Crippen molar-refractivity contribution in [3.63, 3.8) is 0 Å². The Hall–Kier alpha value is -0.180. The lowest BCUT2D eigenvalue weighted by atomic mass is 9.91. The monoisotopic (exact) mass is 295 g/mol. The Morgan fingerprint density at radius 1 is 1.17 bits per heavy atom. The fraction of sp³-hybridized carbons (Fsp3) is 1.00. The lowest BCUT2D eigenvalue weighted by Crippen LogP contribution is -2.65. The second kappa shape index (κ2) is 3.68. The molecule has 1 aliphatic carbocycles. The van der Waals surface area contributed by atoms with E-state index in [1.165, 1.54) is 4.31 Å². The van der Waals surface area contributed by atoms with E-state index in [2.05, 4.69) is 0 Å². The van der Waals surface area contributed by atoms with Crippen LogP contribution in [-0.4, -0.2) is 61.7 Å². The SMILES string of the molecule is O=S1(=O)CCC(S(=O)(=O)N2CC(O)(C3CC3)C2)C1.